The maximum atomic E-state index is 6.16. The summed E-state index contributed by atoms with van der Waals surface area (Å²) in [6, 6.07) is 15.9. The Bertz CT molecular complexity index is 694. The summed E-state index contributed by atoms with van der Waals surface area (Å²) < 4.78 is 5.47. The normalized spacial score (nSPS) is 14.8. The molecule has 0 amide bonds. The Morgan fingerprint density at radius 1 is 1.13 bits per heavy atom. The van der Waals surface area contributed by atoms with Gasteiger partial charge in [0.15, 0.2) is 5.96 Å². The number of ether oxygens (including phenoxy) is 1. The molecule has 5 heteroatoms. The van der Waals surface area contributed by atoms with Crippen molar-refractivity contribution in [2.45, 2.75) is 12.5 Å². The summed E-state index contributed by atoms with van der Waals surface area (Å²) in [5, 5.41) is 7.24. The highest BCUT2D eigenvalue weighted by Crippen LogP contribution is 2.29. The molecule has 0 aliphatic carbocycles. The fraction of sp³-hybridized carbons (Fsp3) is 0.278. The van der Waals surface area contributed by atoms with Gasteiger partial charge in [-0.15, -0.1) is 0 Å². The first-order valence-corrected chi connectivity index (χ1v) is 8.07. The van der Waals surface area contributed by atoms with Crippen molar-refractivity contribution in [1.82, 2.24) is 10.6 Å². The second-order valence-electron chi connectivity index (χ2n) is 5.42. The fourth-order valence-electron chi connectivity index (χ4n) is 2.70. The molecule has 2 N–H and O–H groups in total. The van der Waals surface area contributed by atoms with Crippen molar-refractivity contribution in [2.75, 3.05) is 20.2 Å². The summed E-state index contributed by atoms with van der Waals surface area (Å²) in [5.41, 5.74) is 2.22. The van der Waals surface area contributed by atoms with Gasteiger partial charge in [-0.05, 0) is 29.3 Å². The molecule has 1 saturated heterocycles. The largest absolute Gasteiger partial charge is 0.496 e. The van der Waals surface area contributed by atoms with Gasteiger partial charge in [-0.1, -0.05) is 41.9 Å². The Morgan fingerprint density at radius 3 is 2.65 bits per heavy atom. The van der Waals surface area contributed by atoms with E-state index in [0.29, 0.717) is 0 Å². The van der Waals surface area contributed by atoms with Crippen LogP contribution in [0.3, 0.4) is 0 Å². The number of benzene rings is 2. The molecule has 4 nitrogen and oxygen atoms in total. The summed E-state index contributed by atoms with van der Waals surface area (Å²) in [5.74, 6) is 1.72. The average Bonchev–Trinajstić information content (AvgIpc) is 3.08. The van der Waals surface area contributed by atoms with E-state index < -0.39 is 0 Å². The second kappa shape index (κ2) is 7.38. The van der Waals surface area contributed by atoms with Crippen LogP contribution in [0.1, 0.15) is 17.2 Å². The van der Waals surface area contributed by atoms with Crippen LogP contribution < -0.4 is 15.4 Å². The van der Waals surface area contributed by atoms with Crippen molar-refractivity contribution >= 4 is 17.6 Å². The minimum absolute atomic E-state index is 0.0295. The molecule has 1 aliphatic rings. The minimum Gasteiger partial charge on any atom is -0.496 e. The monoisotopic (exact) mass is 329 g/mol. The molecule has 3 rings (SSSR count). The minimum atomic E-state index is -0.0295. The number of para-hydroxylation sites is 1. The van der Waals surface area contributed by atoms with Gasteiger partial charge in [-0.25, -0.2) is 4.99 Å². The van der Waals surface area contributed by atoms with E-state index in [1.807, 2.05) is 36.4 Å². The van der Waals surface area contributed by atoms with Crippen LogP contribution in [-0.4, -0.2) is 26.2 Å². The molecule has 2 aromatic carbocycles. The molecule has 23 heavy (non-hydrogen) atoms. The zero-order valence-electron chi connectivity index (χ0n) is 13.1. The quantitative estimate of drug-likeness (QED) is 0.885. The van der Waals surface area contributed by atoms with Crippen molar-refractivity contribution in [3.05, 3.63) is 64.7 Å². The predicted molar refractivity (Wildman–Crippen MR) is 94.3 cm³/mol. The van der Waals surface area contributed by atoms with Crippen molar-refractivity contribution in [1.29, 1.82) is 0 Å². The van der Waals surface area contributed by atoms with Crippen LogP contribution >= 0.6 is 11.6 Å². The fourth-order valence-corrected chi connectivity index (χ4v) is 2.90. The van der Waals surface area contributed by atoms with Crippen LogP contribution in [0.25, 0.3) is 0 Å². The van der Waals surface area contributed by atoms with Gasteiger partial charge in [-0.2, -0.15) is 0 Å². The highest BCUT2D eigenvalue weighted by molar-refractivity contribution is 6.30. The third kappa shape index (κ3) is 3.96. The number of halogens is 1. The molecule has 0 spiro atoms. The lowest BCUT2D eigenvalue weighted by Gasteiger charge is -2.16. The van der Waals surface area contributed by atoms with E-state index in [0.717, 1.165) is 47.4 Å². The van der Waals surface area contributed by atoms with Crippen LogP contribution in [0.5, 0.6) is 5.75 Å². The van der Waals surface area contributed by atoms with Crippen LogP contribution in [0, 0.1) is 0 Å². The lowest BCUT2D eigenvalue weighted by atomic mass is 9.99. The number of rotatable bonds is 5. The number of hydrogen-bond acceptors (Lipinski definition) is 2. The predicted octanol–water partition coefficient (Wildman–Crippen LogP) is 3.18. The van der Waals surface area contributed by atoms with Gasteiger partial charge < -0.3 is 15.4 Å². The topological polar surface area (TPSA) is 45.6 Å². The molecule has 1 heterocycles. The van der Waals surface area contributed by atoms with Crippen LogP contribution in [0.15, 0.2) is 53.5 Å². The van der Waals surface area contributed by atoms with Gasteiger partial charge >= 0.3 is 0 Å². The summed E-state index contributed by atoms with van der Waals surface area (Å²) in [6.45, 7) is 1.80. The van der Waals surface area contributed by atoms with Crippen LogP contribution in [0.2, 0.25) is 5.02 Å². The van der Waals surface area contributed by atoms with Crippen molar-refractivity contribution in [2.24, 2.45) is 4.99 Å². The highest BCUT2D eigenvalue weighted by atomic mass is 35.5. The molecule has 0 aromatic heterocycles. The Hall–Kier alpha value is -2.20. The number of guanidine groups is 1. The van der Waals surface area contributed by atoms with Gasteiger partial charge in [-0.3, -0.25) is 0 Å². The molecule has 0 bridgehead atoms. The maximum absolute atomic E-state index is 6.16. The van der Waals surface area contributed by atoms with E-state index in [1.165, 1.54) is 0 Å². The summed E-state index contributed by atoms with van der Waals surface area (Å²) in [4.78, 5) is 4.84. The van der Waals surface area contributed by atoms with Gasteiger partial charge in [0.25, 0.3) is 0 Å². The molecule has 120 valence electrons. The van der Waals surface area contributed by atoms with E-state index in [2.05, 4.69) is 22.8 Å². The smallest absolute Gasteiger partial charge is 0.192 e. The van der Waals surface area contributed by atoms with Crippen molar-refractivity contribution in [3.63, 3.8) is 0 Å². The molecule has 1 atom stereocenters. The molecule has 2 aromatic rings. The number of aliphatic imine (C=N–C) groups is 1. The third-order valence-electron chi connectivity index (χ3n) is 3.83. The molecule has 1 aliphatic heterocycles. The van der Waals surface area contributed by atoms with Crippen molar-refractivity contribution < 1.29 is 4.74 Å². The lowest BCUT2D eigenvalue weighted by Crippen LogP contribution is -2.25. The highest BCUT2D eigenvalue weighted by Gasteiger charge is 2.17. The molecular formula is C18H20ClN3O. The standard InChI is InChI=1S/C18H20ClN3O/c1-23-17-8-3-2-5-14(17)12-16(22-18-20-9-10-21-18)13-6-4-7-15(19)11-13/h2-8,11,16H,9-10,12H2,1H3,(H2,20,21,22). The van der Waals surface area contributed by atoms with Gasteiger partial charge in [0.2, 0.25) is 0 Å². The lowest BCUT2D eigenvalue weighted by molar-refractivity contribution is 0.408. The Kier molecular flexibility index (Phi) is 5.03. The summed E-state index contributed by atoms with van der Waals surface area (Å²) >= 11 is 6.16. The average molecular weight is 330 g/mol. The number of nitrogens with one attached hydrogen (secondary N) is 2. The van der Waals surface area contributed by atoms with Gasteiger partial charge in [0.05, 0.1) is 13.2 Å². The van der Waals surface area contributed by atoms with E-state index >= 15 is 0 Å². The first kappa shape index (κ1) is 15.7. The SMILES string of the molecule is COc1ccccc1CC(N=C1NCCN1)c1cccc(Cl)c1. The Morgan fingerprint density at radius 2 is 1.91 bits per heavy atom. The molecule has 1 unspecified atom stereocenters. The first-order chi connectivity index (χ1) is 11.3. The molecule has 1 fully saturated rings. The van der Waals surface area contributed by atoms with E-state index in [-0.39, 0.29) is 6.04 Å². The Labute approximate surface area is 141 Å². The van der Waals surface area contributed by atoms with Crippen molar-refractivity contribution in [3.8, 4) is 5.75 Å². The van der Waals surface area contributed by atoms with E-state index in [4.69, 9.17) is 21.3 Å². The van der Waals surface area contributed by atoms with Gasteiger partial charge in [0.1, 0.15) is 5.75 Å². The first-order valence-electron chi connectivity index (χ1n) is 7.69. The number of hydrogen-bond donors (Lipinski definition) is 2. The van der Waals surface area contributed by atoms with E-state index in [9.17, 15) is 0 Å². The molecular weight excluding hydrogens is 310 g/mol. The third-order valence-corrected chi connectivity index (χ3v) is 4.07. The van der Waals surface area contributed by atoms with Crippen LogP contribution in [-0.2, 0) is 6.42 Å². The van der Waals surface area contributed by atoms with Gasteiger partial charge in [0, 0.05) is 24.5 Å². The summed E-state index contributed by atoms with van der Waals surface area (Å²) in [6.07, 6.45) is 0.747. The maximum Gasteiger partial charge on any atom is 0.192 e. The zero-order chi connectivity index (χ0) is 16.1. The number of nitrogens with zero attached hydrogens (tertiary/aromatic N) is 1. The zero-order valence-corrected chi connectivity index (χ0v) is 13.8. The summed E-state index contributed by atoms with van der Waals surface area (Å²) in [7, 11) is 1.69. The van der Waals surface area contributed by atoms with Crippen LogP contribution in [0.4, 0.5) is 0 Å². The Balaban J connectivity index is 1.93. The second-order valence-corrected chi connectivity index (χ2v) is 5.85. The number of methoxy groups -OCH3 is 1. The van der Waals surface area contributed by atoms with E-state index in [1.54, 1.807) is 7.11 Å². The molecule has 0 saturated carbocycles. The molecule has 0 radical (unpaired) electrons.